The molecule has 0 aliphatic carbocycles. The number of aliphatic imine (C=N–C) groups is 1. The van der Waals surface area contributed by atoms with Crippen LogP contribution in [-0.2, 0) is 14.6 Å². The molecule has 0 unspecified atom stereocenters. The van der Waals surface area contributed by atoms with Crippen molar-refractivity contribution < 1.29 is 13.2 Å². The van der Waals surface area contributed by atoms with Crippen LogP contribution in [0.4, 0.5) is 11.6 Å². The van der Waals surface area contributed by atoms with Gasteiger partial charge in [0.15, 0.2) is 9.84 Å². The fourth-order valence-corrected chi connectivity index (χ4v) is 2.60. The first kappa shape index (κ1) is 16.9. The van der Waals surface area contributed by atoms with Gasteiger partial charge in [-0.15, -0.1) is 0 Å². The second kappa shape index (κ2) is 6.89. The lowest BCUT2D eigenvalue weighted by atomic mass is 10.1. The molecule has 8 nitrogen and oxygen atoms in total. The van der Waals surface area contributed by atoms with Gasteiger partial charge in [-0.1, -0.05) is 24.3 Å². The summed E-state index contributed by atoms with van der Waals surface area (Å²) in [7, 11) is -3.30. The number of nitrogens with one attached hydrogen (secondary N) is 1. The lowest BCUT2D eigenvalue weighted by Gasteiger charge is -2.05. The molecule has 2 heterocycles. The van der Waals surface area contributed by atoms with Crippen LogP contribution < -0.4 is 11.1 Å². The van der Waals surface area contributed by atoms with Gasteiger partial charge in [0.05, 0.1) is 12.4 Å². The normalized spacial score (nSPS) is 17.3. The molecule has 0 bridgehead atoms. The molecule has 3 N–H and O–H groups in total. The molecule has 1 aliphatic heterocycles. The number of hydrogen-bond acceptors (Lipinski definition) is 8. The van der Waals surface area contributed by atoms with Gasteiger partial charge >= 0.3 is 0 Å². The van der Waals surface area contributed by atoms with E-state index in [1.54, 1.807) is 0 Å². The highest BCUT2D eigenvalue weighted by Crippen LogP contribution is 2.16. The number of sulfone groups is 1. The molecule has 1 atom stereocenters. The zero-order valence-electron chi connectivity index (χ0n) is 13.5. The van der Waals surface area contributed by atoms with Crippen molar-refractivity contribution in [2.24, 2.45) is 10.7 Å². The molecule has 1 aliphatic rings. The smallest absolute Gasteiger partial charge is 0.282 e. The summed E-state index contributed by atoms with van der Waals surface area (Å²) >= 11 is 0. The largest absolute Gasteiger partial charge is 0.463 e. The van der Waals surface area contributed by atoms with Crippen molar-refractivity contribution in [3.63, 3.8) is 0 Å². The molecule has 2 aromatic rings. The van der Waals surface area contributed by atoms with E-state index in [0.29, 0.717) is 12.6 Å². The lowest BCUT2D eigenvalue weighted by molar-refractivity contribution is 0.327. The average Bonchev–Trinajstić information content (AvgIpc) is 2.99. The Morgan fingerprint density at radius 3 is 2.48 bits per heavy atom. The Hall–Kier alpha value is -2.94. The fourth-order valence-electron chi connectivity index (χ4n) is 2.11. The lowest BCUT2D eigenvalue weighted by Crippen LogP contribution is -2.10. The van der Waals surface area contributed by atoms with E-state index >= 15 is 0 Å². The van der Waals surface area contributed by atoms with Crippen molar-refractivity contribution >= 4 is 33.6 Å². The summed E-state index contributed by atoms with van der Waals surface area (Å²) in [6.07, 6.45) is 7.53. The molecule has 25 heavy (non-hydrogen) atoms. The predicted octanol–water partition coefficient (Wildman–Crippen LogP) is 1.35. The molecule has 1 aromatic carbocycles. The van der Waals surface area contributed by atoms with Gasteiger partial charge in [-0.05, 0) is 17.7 Å². The van der Waals surface area contributed by atoms with Crippen LogP contribution in [-0.4, -0.2) is 43.3 Å². The van der Waals surface area contributed by atoms with Crippen LogP contribution in [0.25, 0.3) is 6.08 Å². The number of benzene rings is 1. The molecule has 1 aromatic heterocycles. The highest BCUT2D eigenvalue weighted by molar-refractivity contribution is 7.90. The Kier molecular flexibility index (Phi) is 4.66. The molecule has 0 saturated carbocycles. The van der Waals surface area contributed by atoms with Crippen molar-refractivity contribution in [1.29, 1.82) is 0 Å². The van der Waals surface area contributed by atoms with E-state index in [2.05, 4.69) is 20.3 Å². The molecule has 3 rings (SSSR count). The van der Waals surface area contributed by atoms with Crippen LogP contribution in [0.2, 0.25) is 0 Å². The Balaban J connectivity index is 1.63. The monoisotopic (exact) mass is 359 g/mol. The summed E-state index contributed by atoms with van der Waals surface area (Å²) in [5.41, 5.74) is 7.25. The molecule has 0 amide bonds. The molecule has 0 fully saturated rings. The van der Waals surface area contributed by atoms with Crippen LogP contribution in [0.3, 0.4) is 0 Å². The standard InChI is InChI=1S/C16H17N5O3S/c1-25(22,23)14-8-18-16(19-9-14)21-12-5-2-11(3-6-12)4-7-13-10-24-15(17)20-13/h2-9,13H,10H2,1H3,(H2,17,20)(H,18,19,21)/t13-/m0/s1. The Morgan fingerprint density at radius 2 is 1.92 bits per heavy atom. The maximum Gasteiger partial charge on any atom is 0.282 e. The van der Waals surface area contributed by atoms with Crippen LogP contribution in [0.15, 0.2) is 52.6 Å². The van der Waals surface area contributed by atoms with Gasteiger partial charge in [-0.3, -0.25) is 0 Å². The first-order chi connectivity index (χ1) is 11.9. The van der Waals surface area contributed by atoms with Gasteiger partial charge in [0.2, 0.25) is 5.95 Å². The van der Waals surface area contributed by atoms with Gasteiger partial charge in [0, 0.05) is 11.9 Å². The second-order valence-corrected chi connectivity index (χ2v) is 7.48. The minimum Gasteiger partial charge on any atom is -0.463 e. The minimum atomic E-state index is -3.30. The SMILES string of the molecule is CS(=O)(=O)c1cnc(Nc2ccc(C=C[C@H]3COC(N)=N3)cc2)nc1. The van der Waals surface area contributed by atoms with Crippen LogP contribution >= 0.6 is 0 Å². The van der Waals surface area contributed by atoms with Gasteiger partial charge < -0.3 is 15.8 Å². The molecule has 0 saturated heterocycles. The van der Waals surface area contributed by atoms with E-state index in [0.717, 1.165) is 17.5 Å². The van der Waals surface area contributed by atoms with Gasteiger partial charge in [0.25, 0.3) is 6.02 Å². The van der Waals surface area contributed by atoms with Crippen molar-refractivity contribution in [3.05, 3.63) is 48.3 Å². The molecule has 130 valence electrons. The number of anilines is 2. The quantitative estimate of drug-likeness (QED) is 0.827. The summed E-state index contributed by atoms with van der Waals surface area (Å²) in [5.74, 6) is 0.323. The van der Waals surface area contributed by atoms with Gasteiger partial charge in [0.1, 0.15) is 17.5 Å². The maximum atomic E-state index is 11.4. The highest BCUT2D eigenvalue weighted by atomic mass is 32.2. The predicted molar refractivity (Wildman–Crippen MR) is 95.3 cm³/mol. The van der Waals surface area contributed by atoms with E-state index in [1.807, 2.05) is 36.4 Å². The Bertz CT molecular complexity index is 906. The third kappa shape index (κ3) is 4.54. The molecule has 9 heteroatoms. The third-order valence-corrected chi connectivity index (χ3v) is 4.50. The molecular formula is C16H17N5O3S. The summed E-state index contributed by atoms with van der Waals surface area (Å²) in [4.78, 5) is 12.2. The van der Waals surface area contributed by atoms with Crippen LogP contribution in [0.5, 0.6) is 0 Å². The van der Waals surface area contributed by atoms with E-state index in [9.17, 15) is 8.42 Å². The first-order valence-corrected chi connectivity index (χ1v) is 9.33. The minimum absolute atomic E-state index is 0.0560. The number of nitrogens with two attached hydrogens (primary N) is 1. The maximum absolute atomic E-state index is 11.4. The number of rotatable bonds is 5. The fraction of sp³-hybridized carbons (Fsp3) is 0.188. The number of nitrogens with zero attached hydrogens (tertiary/aromatic N) is 3. The number of ether oxygens (including phenoxy) is 1. The van der Waals surface area contributed by atoms with E-state index in [4.69, 9.17) is 10.5 Å². The van der Waals surface area contributed by atoms with Crippen molar-refractivity contribution in [1.82, 2.24) is 9.97 Å². The number of hydrogen-bond donors (Lipinski definition) is 2. The highest BCUT2D eigenvalue weighted by Gasteiger charge is 2.12. The third-order valence-electron chi connectivity index (χ3n) is 3.43. The average molecular weight is 359 g/mol. The van der Waals surface area contributed by atoms with Crippen LogP contribution in [0.1, 0.15) is 5.56 Å². The summed E-state index contributed by atoms with van der Waals surface area (Å²) < 4.78 is 27.9. The number of aromatic nitrogens is 2. The van der Waals surface area contributed by atoms with E-state index in [1.165, 1.54) is 12.4 Å². The number of amidine groups is 1. The summed E-state index contributed by atoms with van der Waals surface area (Å²) in [5, 5.41) is 3.01. The van der Waals surface area contributed by atoms with E-state index < -0.39 is 9.84 Å². The van der Waals surface area contributed by atoms with Gasteiger partial charge in [-0.25, -0.2) is 23.4 Å². The summed E-state index contributed by atoms with van der Waals surface area (Å²) in [6.45, 7) is 0.461. The van der Waals surface area contributed by atoms with Crippen molar-refractivity contribution in [2.75, 3.05) is 18.2 Å². The second-order valence-electron chi connectivity index (χ2n) is 5.47. The zero-order chi connectivity index (χ0) is 17.9. The Morgan fingerprint density at radius 1 is 1.24 bits per heavy atom. The summed E-state index contributed by atoms with van der Waals surface area (Å²) in [6, 6.07) is 7.75. The van der Waals surface area contributed by atoms with Gasteiger partial charge in [-0.2, -0.15) is 0 Å². The Labute approximate surface area is 145 Å². The van der Waals surface area contributed by atoms with Crippen molar-refractivity contribution in [3.8, 4) is 0 Å². The van der Waals surface area contributed by atoms with Crippen LogP contribution in [0, 0.1) is 0 Å². The van der Waals surface area contributed by atoms with Crippen molar-refractivity contribution in [2.45, 2.75) is 10.9 Å². The first-order valence-electron chi connectivity index (χ1n) is 7.43. The van der Waals surface area contributed by atoms with E-state index in [-0.39, 0.29) is 17.0 Å². The zero-order valence-corrected chi connectivity index (χ0v) is 14.3. The molecular weight excluding hydrogens is 342 g/mol. The molecule has 0 spiro atoms. The topological polar surface area (TPSA) is 120 Å². The molecule has 0 radical (unpaired) electrons.